The fraction of sp³-hybridized carbons (Fsp3) is 0.133. The van der Waals surface area contributed by atoms with E-state index in [0.29, 0.717) is 34.5 Å². The molecule has 0 heterocycles. The third-order valence-electron chi connectivity index (χ3n) is 2.84. The third kappa shape index (κ3) is 2.57. The Kier molecular flexibility index (Phi) is 3.80. The van der Waals surface area contributed by atoms with Gasteiger partial charge in [-0.2, -0.15) is 0 Å². The van der Waals surface area contributed by atoms with E-state index in [1.165, 1.54) is 32.4 Å². The van der Waals surface area contributed by atoms with Crippen LogP contribution < -0.4 is 9.47 Å². The van der Waals surface area contributed by atoms with Crippen molar-refractivity contribution < 1.29 is 18.7 Å². The SMILES string of the molecule is COc1ccc(-c2cc(F)ccc2C=O)cc1OC. The van der Waals surface area contributed by atoms with Gasteiger partial charge in [0, 0.05) is 5.56 Å². The summed E-state index contributed by atoms with van der Waals surface area (Å²) in [6, 6.07) is 9.21. The van der Waals surface area contributed by atoms with E-state index in [-0.39, 0.29) is 0 Å². The lowest BCUT2D eigenvalue weighted by atomic mass is 10.00. The molecular formula is C15H13FO3. The van der Waals surface area contributed by atoms with Crippen molar-refractivity contribution in [3.63, 3.8) is 0 Å². The van der Waals surface area contributed by atoms with Crippen LogP contribution in [-0.4, -0.2) is 20.5 Å². The normalized spacial score (nSPS) is 10.1. The number of benzene rings is 2. The minimum absolute atomic E-state index is 0.393. The second-order valence-corrected chi connectivity index (χ2v) is 3.92. The Bertz CT molecular complexity index is 608. The molecule has 0 unspecified atom stereocenters. The van der Waals surface area contributed by atoms with E-state index in [2.05, 4.69) is 0 Å². The van der Waals surface area contributed by atoms with Gasteiger partial charge in [0.25, 0.3) is 0 Å². The van der Waals surface area contributed by atoms with Crippen LogP contribution in [0.2, 0.25) is 0 Å². The van der Waals surface area contributed by atoms with Crippen LogP contribution in [0.15, 0.2) is 36.4 Å². The highest BCUT2D eigenvalue weighted by atomic mass is 19.1. The summed E-state index contributed by atoms with van der Waals surface area (Å²) in [5.41, 5.74) is 1.64. The van der Waals surface area contributed by atoms with E-state index >= 15 is 0 Å². The predicted octanol–water partition coefficient (Wildman–Crippen LogP) is 3.32. The van der Waals surface area contributed by atoms with Gasteiger partial charge in [-0.3, -0.25) is 4.79 Å². The topological polar surface area (TPSA) is 35.5 Å². The van der Waals surface area contributed by atoms with E-state index in [4.69, 9.17) is 9.47 Å². The van der Waals surface area contributed by atoms with E-state index in [9.17, 15) is 9.18 Å². The summed E-state index contributed by atoms with van der Waals surface area (Å²) in [5.74, 6) is 0.715. The largest absolute Gasteiger partial charge is 0.493 e. The molecule has 0 aliphatic rings. The second-order valence-electron chi connectivity index (χ2n) is 3.92. The Labute approximate surface area is 110 Å². The van der Waals surface area contributed by atoms with Crippen LogP contribution in [0, 0.1) is 5.82 Å². The van der Waals surface area contributed by atoms with Crippen molar-refractivity contribution in [3.8, 4) is 22.6 Å². The van der Waals surface area contributed by atoms with Crippen LogP contribution in [0.5, 0.6) is 11.5 Å². The first-order valence-corrected chi connectivity index (χ1v) is 5.66. The number of aldehydes is 1. The number of carbonyl (C=O) groups excluding carboxylic acids is 1. The molecule has 4 heteroatoms. The number of rotatable bonds is 4. The smallest absolute Gasteiger partial charge is 0.161 e. The minimum atomic E-state index is -0.393. The quantitative estimate of drug-likeness (QED) is 0.791. The molecule has 0 atom stereocenters. The highest BCUT2D eigenvalue weighted by Gasteiger charge is 2.10. The number of halogens is 1. The van der Waals surface area contributed by atoms with Crippen molar-refractivity contribution in [2.45, 2.75) is 0 Å². The first kappa shape index (κ1) is 13.1. The Balaban J connectivity index is 2.58. The van der Waals surface area contributed by atoms with Crippen molar-refractivity contribution in [3.05, 3.63) is 47.8 Å². The van der Waals surface area contributed by atoms with Gasteiger partial charge < -0.3 is 9.47 Å². The third-order valence-corrected chi connectivity index (χ3v) is 2.84. The fourth-order valence-electron chi connectivity index (χ4n) is 1.89. The van der Waals surface area contributed by atoms with E-state index in [1.807, 2.05) is 0 Å². The number of hydrogen-bond acceptors (Lipinski definition) is 3. The monoisotopic (exact) mass is 260 g/mol. The van der Waals surface area contributed by atoms with Gasteiger partial charge in [0.15, 0.2) is 17.8 Å². The maximum atomic E-state index is 13.3. The zero-order chi connectivity index (χ0) is 13.8. The van der Waals surface area contributed by atoms with Gasteiger partial charge in [-0.05, 0) is 41.5 Å². The summed E-state index contributed by atoms with van der Waals surface area (Å²) < 4.78 is 23.7. The maximum absolute atomic E-state index is 13.3. The van der Waals surface area contributed by atoms with Crippen LogP contribution in [0.1, 0.15) is 10.4 Å². The summed E-state index contributed by atoms with van der Waals surface area (Å²) >= 11 is 0. The molecule has 2 rings (SSSR count). The Morgan fingerprint density at radius 2 is 1.74 bits per heavy atom. The molecule has 98 valence electrons. The zero-order valence-electron chi connectivity index (χ0n) is 10.6. The molecule has 0 spiro atoms. The molecule has 0 fully saturated rings. The highest BCUT2D eigenvalue weighted by Crippen LogP contribution is 2.33. The highest BCUT2D eigenvalue weighted by molar-refractivity contribution is 5.88. The van der Waals surface area contributed by atoms with Gasteiger partial charge in [-0.25, -0.2) is 4.39 Å². The molecule has 0 bridgehead atoms. The summed E-state index contributed by atoms with van der Waals surface area (Å²) in [6.07, 6.45) is 0.700. The van der Waals surface area contributed by atoms with Gasteiger partial charge in [0.05, 0.1) is 14.2 Å². The van der Waals surface area contributed by atoms with Crippen LogP contribution in [0.25, 0.3) is 11.1 Å². The lowest BCUT2D eigenvalue weighted by molar-refractivity contribution is 0.112. The lowest BCUT2D eigenvalue weighted by Crippen LogP contribution is -1.93. The molecule has 0 saturated heterocycles. The van der Waals surface area contributed by atoms with Crippen LogP contribution in [0.4, 0.5) is 4.39 Å². The molecule has 0 saturated carbocycles. The molecule has 0 aliphatic heterocycles. The average Bonchev–Trinajstić information content (AvgIpc) is 2.46. The van der Waals surface area contributed by atoms with Crippen LogP contribution in [-0.2, 0) is 0 Å². The summed E-state index contributed by atoms with van der Waals surface area (Å²) in [5, 5.41) is 0. The predicted molar refractivity (Wildman–Crippen MR) is 70.3 cm³/mol. The van der Waals surface area contributed by atoms with Crippen molar-refractivity contribution in [1.82, 2.24) is 0 Å². The van der Waals surface area contributed by atoms with E-state index < -0.39 is 5.82 Å². The molecule has 0 aromatic heterocycles. The zero-order valence-corrected chi connectivity index (χ0v) is 10.6. The number of methoxy groups -OCH3 is 2. The number of carbonyl (C=O) groups is 1. The first-order valence-electron chi connectivity index (χ1n) is 5.66. The van der Waals surface area contributed by atoms with Gasteiger partial charge >= 0.3 is 0 Å². The van der Waals surface area contributed by atoms with Gasteiger partial charge in [0.1, 0.15) is 5.82 Å². The molecule has 0 radical (unpaired) electrons. The number of hydrogen-bond donors (Lipinski definition) is 0. The van der Waals surface area contributed by atoms with E-state index in [0.717, 1.165) is 0 Å². The van der Waals surface area contributed by atoms with Crippen molar-refractivity contribution in [2.75, 3.05) is 14.2 Å². The lowest BCUT2D eigenvalue weighted by Gasteiger charge is -2.11. The fourth-order valence-corrected chi connectivity index (χ4v) is 1.89. The standard InChI is InChI=1S/C15H13FO3/c1-18-14-6-4-10(7-15(14)19-2)13-8-12(16)5-3-11(13)9-17/h3-9H,1-2H3. The molecule has 19 heavy (non-hydrogen) atoms. The van der Waals surface area contributed by atoms with Crippen molar-refractivity contribution in [1.29, 1.82) is 0 Å². The molecule has 0 N–H and O–H groups in total. The van der Waals surface area contributed by atoms with Crippen LogP contribution in [0.3, 0.4) is 0 Å². The summed E-state index contributed by atoms with van der Waals surface area (Å²) in [7, 11) is 3.06. The van der Waals surface area contributed by atoms with Crippen molar-refractivity contribution >= 4 is 6.29 Å². The van der Waals surface area contributed by atoms with Crippen LogP contribution >= 0.6 is 0 Å². The second kappa shape index (κ2) is 5.52. The molecular weight excluding hydrogens is 247 g/mol. The summed E-state index contributed by atoms with van der Waals surface area (Å²) in [6.45, 7) is 0. The molecule has 2 aromatic carbocycles. The molecule has 0 aliphatic carbocycles. The van der Waals surface area contributed by atoms with E-state index in [1.54, 1.807) is 18.2 Å². The Morgan fingerprint density at radius 3 is 2.37 bits per heavy atom. The summed E-state index contributed by atoms with van der Waals surface area (Å²) in [4.78, 5) is 11.0. The Morgan fingerprint density at radius 1 is 1.00 bits per heavy atom. The van der Waals surface area contributed by atoms with Gasteiger partial charge in [0.2, 0.25) is 0 Å². The molecule has 3 nitrogen and oxygen atoms in total. The van der Waals surface area contributed by atoms with Gasteiger partial charge in [-0.1, -0.05) is 6.07 Å². The minimum Gasteiger partial charge on any atom is -0.493 e. The molecule has 2 aromatic rings. The van der Waals surface area contributed by atoms with Crippen molar-refractivity contribution in [2.24, 2.45) is 0 Å². The maximum Gasteiger partial charge on any atom is 0.161 e. The average molecular weight is 260 g/mol. The first-order chi connectivity index (χ1) is 9.19. The molecule has 0 amide bonds. The Hall–Kier alpha value is -2.36. The number of ether oxygens (including phenoxy) is 2. The van der Waals surface area contributed by atoms with Gasteiger partial charge in [-0.15, -0.1) is 0 Å².